The summed E-state index contributed by atoms with van der Waals surface area (Å²) in [5.41, 5.74) is -0.0948. The summed E-state index contributed by atoms with van der Waals surface area (Å²) in [5, 5.41) is 0. The van der Waals surface area contributed by atoms with E-state index in [2.05, 4.69) is 34.6 Å². The summed E-state index contributed by atoms with van der Waals surface area (Å²) in [6.07, 6.45) is 3.94. The van der Waals surface area contributed by atoms with Crippen LogP contribution in [-0.4, -0.2) is 39.6 Å². The zero-order valence-corrected chi connectivity index (χ0v) is 14.5. The molecule has 1 rings (SSSR count). The molecular weight excluding hydrogens is 252 g/mol. The molecule has 20 heavy (non-hydrogen) atoms. The van der Waals surface area contributed by atoms with Crippen molar-refractivity contribution in [1.82, 2.24) is 0 Å². The smallest absolute Gasteiger partial charge is 0.0654 e. The van der Waals surface area contributed by atoms with Gasteiger partial charge < -0.3 is 14.2 Å². The molecule has 1 fully saturated rings. The summed E-state index contributed by atoms with van der Waals surface area (Å²) in [4.78, 5) is 0. The van der Waals surface area contributed by atoms with Crippen molar-refractivity contribution in [3.63, 3.8) is 0 Å². The maximum Gasteiger partial charge on any atom is 0.0654 e. The fraction of sp³-hybridized carbons (Fsp3) is 1.00. The van der Waals surface area contributed by atoms with Crippen LogP contribution in [0.15, 0.2) is 0 Å². The predicted octanol–water partition coefficient (Wildman–Crippen LogP) is 3.91. The fourth-order valence-corrected chi connectivity index (χ4v) is 2.87. The predicted molar refractivity (Wildman–Crippen MR) is 83.0 cm³/mol. The van der Waals surface area contributed by atoms with Crippen LogP contribution in [0, 0.1) is 16.7 Å². The van der Waals surface area contributed by atoms with Crippen LogP contribution < -0.4 is 0 Å². The summed E-state index contributed by atoms with van der Waals surface area (Å²) in [6.45, 7) is 13.2. The van der Waals surface area contributed by atoms with Gasteiger partial charge in [-0.1, -0.05) is 27.2 Å². The van der Waals surface area contributed by atoms with Gasteiger partial charge in [-0.15, -0.1) is 0 Å². The quantitative estimate of drug-likeness (QED) is 0.677. The van der Waals surface area contributed by atoms with Gasteiger partial charge in [0.15, 0.2) is 0 Å². The molecule has 0 spiro atoms. The first kappa shape index (κ1) is 17.9. The van der Waals surface area contributed by atoms with E-state index in [1.54, 1.807) is 14.2 Å². The number of hydrogen-bond acceptors (Lipinski definition) is 3. The van der Waals surface area contributed by atoms with E-state index in [-0.39, 0.29) is 16.4 Å². The van der Waals surface area contributed by atoms with Crippen molar-refractivity contribution < 1.29 is 14.2 Å². The summed E-state index contributed by atoms with van der Waals surface area (Å²) in [5.74, 6) is 0.699. The lowest BCUT2D eigenvalue weighted by molar-refractivity contribution is -0.165. The van der Waals surface area contributed by atoms with Gasteiger partial charge in [0.2, 0.25) is 0 Å². The first-order valence-electron chi connectivity index (χ1n) is 7.80. The Hall–Kier alpha value is -0.120. The largest absolute Gasteiger partial charge is 0.384 e. The molecule has 0 aliphatic heterocycles. The van der Waals surface area contributed by atoms with Gasteiger partial charge in [-0.2, -0.15) is 0 Å². The summed E-state index contributed by atoms with van der Waals surface area (Å²) < 4.78 is 17.4. The van der Waals surface area contributed by atoms with Crippen molar-refractivity contribution in [2.45, 2.75) is 59.5 Å². The highest BCUT2D eigenvalue weighted by atomic mass is 16.5. The molecule has 3 heteroatoms. The first-order valence-corrected chi connectivity index (χ1v) is 7.80. The zero-order valence-electron chi connectivity index (χ0n) is 14.5. The van der Waals surface area contributed by atoms with E-state index >= 15 is 0 Å². The van der Waals surface area contributed by atoms with Crippen LogP contribution in [0.25, 0.3) is 0 Å². The number of ether oxygens (including phenoxy) is 3. The molecule has 1 aliphatic carbocycles. The van der Waals surface area contributed by atoms with Crippen LogP contribution in [0.4, 0.5) is 0 Å². The normalized spacial score (nSPS) is 18.1. The Labute approximate surface area is 125 Å². The average Bonchev–Trinajstić information content (AvgIpc) is 2.22. The second-order valence-corrected chi connectivity index (χ2v) is 7.92. The maximum absolute atomic E-state index is 6.37. The molecule has 3 nitrogen and oxygen atoms in total. The average molecular weight is 286 g/mol. The van der Waals surface area contributed by atoms with Gasteiger partial charge in [-0.05, 0) is 38.0 Å². The van der Waals surface area contributed by atoms with Crippen LogP contribution in [-0.2, 0) is 14.2 Å². The van der Waals surface area contributed by atoms with E-state index in [0.717, 1.165) is 0 Å². The summed E-state index contributed by atoms with van der Waals surface area (Å²) in [6, 6.07) is 0. The van der Waals surface area contributed by atoms with Crippen LogP contribution >= 0.6 is 0 Å². The SMILES string of the molecule is COCC(COC)(COC(C)(C)C1CCC1)C(C)(C)C. The van der Waals surface area contributed by atoms with Crippen molar-refractivity contribution >= 4 is 0 Å². The second-order valence-electron chi connectivity index (χ2n) is 7.92. The van der Waals surface area contributed by atoms with Crippen LogP contribution in [0.3, 0.4) is 0 Å². The van der Waals surface area contributed by atoms with Gasteiger partial charge in [0.25, 0.3) is 0 Å². The molecule has 0 unspecified atom stereocenters. The second kappa shape index (κ2) is 6.76. The summed E-state index contributed by atoms with van der Waals surface area (Å²) >= 11 is 0. The lowest BCUT2D eigenvalue weighted by Gasteiger charge is -2.47. The third-order valence-electron chi connectivity index (χ3n) is 5.24. The van der Waals surface area contributed by atoms with Crippen molar-refractivity contribution in [2.75, 3.05) is 34.0 Å². The highest BCUT2D eigenvalue weighted by Crippen LogP contribution is 2.43. The first-order chi connectivity index (χ1) is 9.18. The van der Waals surface area contributed by atoms with Gasteiger partial charge in [-0.3, -0.25) is 0 Å². The van der Waals surface area contributed by atoms with Gasteiger partial charge in [-0.25, -0.2) is 0 Å². The molecular formula is C17H34O3. The molecule has 120 valence electrons. The maximum atomic E-state index is 6.37. The Balaban J connectivity index is 2.77. The molecule has 0 aromatic rings. The Morgan fingerprint density at radius 3 is 1.65 bits per heavy atom. The van der Waals surface area contributed by atoms with Crippen LogP contribution in [0.2, 0.25) is 0 Å². The van der Waals surface area contributed by atoms with Gasteiger partial charge in [0.05, 0.1) is 25.4 Å². The van der Waals surface area contributed by atoms with E-state index in [4.69, 9.17) is 14.2 Å². The molecule has 1 saturated carbocycles. The summed E-state index contributed by atoms with van der Waals surface area (Å²) in [7, 11) is 3.51. The van der Waals surface area contributed by atoms with E-state index in [1.165, 1.54) is 19.3 Å². The molecule has 0 atom stereocenters. The number of rotatable bonds is 8. The third-order valence-corrected chi connectivity index (χ3v) is 5.24. The minimum atomic E-state index is -0.114. The van der Waals surface area contributed by atoms with Crippen molar-refractivity contribution in [3.8, 4) is 0 Å². The molecule has 0 aromatic carbocycles. The minimum absolute atomic E-state index is 0.0454. The molecule has 0 radical (unpaired) electrons. The van der Waals surface area contributed by atoms with E-state index < -0.39 is 0 Å². The van der Waals surface area contributed by atoms with Gasteiger partial charge >= 0.3 is 0 Å². The van der Waals surface area contributed by atoms with E-state index in [1.807, 2.05) is 0 Å². The Kier molecular flexibility index (Phi) is 6.06. The highest BCUT2D eigenvalue weighted by molar-refractivity contribution is 4.93. The molecule has 0 bridgehead atoms. The van der Waals surface area contributed by atoms with Crippen molar-refractivity contribution in [2.24, 2.45) is 16.7 Å². The molecule has 0 saturated heterocycles. The molecule has 0 N–H and O–H groups in total. The lowest BCUT2D eigenvalue weighted by atomic mass is 9.67. The third kappa shape index (κ3) is 3.96. The molecule has 0 aromatic heterocycles. The number of methoxy groups -OCH3 is 2. The van der Waals surface area contributed by atoms with Crippen molar-refractivity contribution in [1.29, 1.82) is 0 Å². The van der Waals surface area contributed by atoms with Gasteiger partial charge in [0.1, 0.15) is 0 Å². The van der Waals surface area contributed by atoms with Crippen LogP contribution in [0.1, 0.15) is 53.9 Å². The lowest BCUT2D eigenvalue weighted by Crippen LogP contribution is -2.50. The Morgan fingerprint density at radius 2 is 1.35 bits per heavy atom. The van der Waals surface area contributed by atoms with Crippen LogP contribution in [0.5, 0.6) is 0 Å². The monoisotopic (exact) mass is 286 g/mol. The number of hydrogen-bond donors (Lipinski definition) is 0. The Morgan fingerprint density at radius 1 is 0.850 bits per heavy atom. The highest BCUT2D eigenvalue weighted by Gasteiger charge is 2.45. The van der Waals surface area contributed by atoms with Crippen molar-refractivity contribution in [3.05, 3.63) is 0 Å². The van der Waals surface area contributed by atoms with E-state index in [0.29, 0.717) is 25.7 Å². The van der Waals surface area contributed by atoms with Gasteiger partial charge in [0, 0.05) is 19.6 Å². The molecule has 0 heterocycles. The standard InChI is InChI=1S/C17H34O3/c1-15(2,3)17(11-18-6,12-19-7)13-20-16(4,5)14-9-8-10-14/h14H,8-13H2,1-7H3. The zero-order chi connectivity index (χ0) is 15.4. The topological polar surface area (TPSA) is 27.7 Å². The molecule has 0 amide bonds. The minimum Gasteiger partial charge on any atom is -0.384 e. The fourth-order valence-electron chi connectivity index (χ4n) is 2.87. The van der Waals surface area contributed by atoms with E-state index in [9.17, 15) is 0 Å². The Bertz CT molecular complexity index is 281. The molecule has 1 aliphatic rings.